The van der Waals surface area contributed by atoms with Gasteiger partial charge in [0.15, 0.2) is 0 Å². The maximum absolute atomic E-state index is 11.2. The molecule has 82 valence electrons. The van der Waals surface area contributed by atoms with Gasteiger partial charge in [0.05, 0.1) is 7.11 Å². The molecule has 0 aromatic heterocycles. The lowest BCUT2D eigenvalue weighted by molar-refractivity contribution is -0.144. The third kappa shape index (κ3) is 5.85. The predicted molar refractivity (Wildman–Crippen MR) is 57.2 cm³/mol. The number of esters is 1. The number of carbonyl (C=O) groups is 2. The van der Waals surface area contributed by atoms with Crippen molar-refractivity contribution in [2.45, 2.75) is 32.1 Å². The Bertz CT molecular complexity index is 206. The zero-order valence-electron chi connectivity index (χ0n) is 8.99. The van der Waals surface area contributed by atoms with Crippen LogP contribution < -0.4 is 5.32 Å². The van der Waals surface area contributed by atoms with Crippen molar-refractivity contribution in [2.24, 2.45) is 0 Å². The van der Waals surface area contributed by atoms with Gasteiger partial charge >= 0.3 is 5.97 Å². The van der Waals surface area contributed by atoms with Crippen molar-refractivity contribution in [1.82, 2.24) is 5.32 Å². The van der Waals surface area contributed by atoms with E-state index in [0.29, 0.717) is 11.0 Å². The quantitative estimate of drug-likeness (QED) is 0.695. The van der Waals surface area contributed by atoms with Gasteiger partial charge in [-0.05, 0) is 5.25 Å². The highest BCUT2D eigenvalue weighted by Crippen LogP contribution is 2.11. The standard InChI is InChI=1S/C9H17NO3S/c1-6(2)14-5-8(9(12)13-4)10-7(3)11/h6,8H,5H2,1-4H3,(H,10,11). The first-order valence-electron chi connectivity index (χ1n) is 4.44. The van der Waals surface area contributed by atoms with Crippen molar-refractivity contribution in [3.8, 4) is 0 Å². The maximum Gasteiger partial charge on any atom is 0.329 e. The fraction of sp³-hybridized carbons (Fsp3) is 0.778. The highest BCUT2D eigenvalue weighted by atomic mass is 32.2. The summed E-state index contributed by atoms with van der Waals surface area (Å²) >= 11 is 1.61. The largest absolute Gasteiger partial charge is 0.467 e. The van der Waals surface area contributed by atoms with Gasteiger partial charge in [0, 0.05) is 12.7 Å². The Morgan fingerprint density at radius 3 is 2.36 bits per heavy atom. The lowest BCUT2D eigenvalue weighted by Crippen LogP contribution is -2.42. The molecule has 1 unspecified atom stereocenters. The average molecular weight is 219 g/mol. The third-order valence-electron chi connectivity index (χ3n) is 1.46. The number of hydrogen-bond acceptors (Lipinski definition) is 4. The van der Waals surface area contributed by atoms with Gasteiger partial charge in [0.25, 0.3) is 0 Å². The Labute approximate surface area is 88.8 Å². The lowest BCUT2D eigenvalue weighted by atomic mass is 10.3. The molecule has 0 aliphatic heterocycles. The smallest absolute Gasteiger partial charge is 0.329 e. The zero-order chi connectivity index (χ0) is 11.1. The molecule has 5 heteroatoms. The van der Waals surface area contributed by atoms with Crippen molar-refractivity contribution >= 4 is 23.6 Å². The van der Waals surface area contributed by atoms with Gasteiger partial charge in [-0.2, -0.15) is 11.8 Å². The molecule has 14 heavy (non-hydrogen) atoms. The highest BCUT2D eigenvalue weighted by molar-refractivity contribution is 7.99. The number of rotatable bonds is 5. The molecule has 1 amide bonds. The van der Waals surface area contributed by atoms with Gasteiger partial charge in [-0.15, -0.1) is 0 Å². The third-order valence-corrected chi connectivity index (χ3v) is 2.65. The average Bonchev–Trinajstić information content (AvgIpc) is 2.10. The second kappa shape index (κ2) is 6.70. The van der Waals surface area contributed by atoms with E-state index in [0.717, 1.165) is 0 Å². The lowest BCUT2D eigenvalue weighted by Gasteiger charge is -2.15. The molecule has 0 rings (SSSR count). The monoisotopic (exact) mass is 219 g/mol. The summed E-state index contributed by atoms with van der Waals surface area (Å²) in [5.41, 5.74) is 0. The fourth-order valence-corrected chi connectivity index (χ4v) is 1.64. The van der Waals surface area contributed by atoms with E-state index in [1.54, 1.807) is 11.8 Å². The highest BCUT2D eigenvalue weighted by Gasteiger charge is 2.20. The van der Waals surface area contributed by atoms with E-state index in [1.807, 2.05) is 13.8 Å². The van der Waals surface area contributed by atoms with E-state index >= 15 is 0 Å². The summed E-state index contributed by atoms with van der Waals surface area (Å²) in [6.45, 7) is 5.45. The predicted octanol–water partition coefficient (Wildman–Crippen LogP) is 0.806. The fourth-order valence-electron chi connectivity index (χ4n) is 0.845. The molecule has 0 aliphatic carbocycles. The van der Waals surface area contributed by atoms with Gasteiger partial charge in [0.1, 0.15) is 6.04 Å². The summed E-state index contributed by atoms with van der Waals surface area (Å²) in [4.78, 5) is 22.0. The number of thioether (sulfide) groups is 1. The second-order valence-corrected chi connectivity index (χ2v) is 4.77. The molecule has 1 atom stereocenters. The Morgan fingerprint density at radius 1 is 1.43 bits per heavy atom. The van der Waals surface area contributed by atoms with Crippen LogP contribution in [-0.4, -0.2) is 36.0 Å². The SMILES string of the molecule is COC(=O)C(CSC(C)C)NC(C)=O. The molecular weight excluding hydrogens is 202 g/mol. The number of carbonyl (C=O) groups excluding carboxylic acids is 2. The van der Waals surface area contributed by atoms with E-state index in [2.05, 4.69) is 10.1 Å². The topological polar surface area (TPSA) is 55.4 Å². The number of hydrogen-bond donors (Lipinski definition) is 1. The summed E-state index contributed by atoms with van der Waals surface area (Å²) in [7, 11) is 1.32. The van der Waals surface area contributed by atoms with Crippen molar-refractivity contribution in [1.29, 1.82) is 0 Å². The van der Waals surface area contributed by atoms with Crippen LogP contribution in [0.3, 0.4) is 0 Å². The van der Waals surface area contributed by atoms with Crippen LogP contribution in [0.1, 0.15) is 20.8 Å². The Kier molecular flexibility index (Phi) is 6.36. The minimum absolute atomic E-state index is 0.218. The summed E-state index contributed by atoms with van der Waals surface area (Å²) in [5, 5.41) is 2.98. The molecule has 0 aromatic rings. The van der Waals surface area contributed by atoms with Crippen LogP contribution in [0.2, 0.25) is 0 Å². The summed E-state index contributed by atoms with van der Waals surface area (Å²) < 4.78 is 4.58. The molecule has 0 spiro atoms. The number of ether oxygens (including phenoxy) is 1. The minimum atomic E-state index is -0.537. The molecule has 0 saturated carbocycles. The van der Waals surface area contributed by atoms with Crippen LogP contribution in [-0.2, 0) is 14.3 Å². The number of nitrogens with one attached hydrogen (secondary N) is 1. The van der Waals surface area contributed by atoms with Crippen molar-refractivity contribution in [2.75, 3.05) is 12.9 Å². The molecule has 0 aromatic carbocycles. The molecule has 0 saturated heterocycles. The van der Waals surface area contributed by atoms with Crippen molar-refractivity contribution in [3.63, 3.8) is 0 Å². The summed E-state index contributed by atoms with van der Waals surface area (Å²) in [5.74, 6) is -0.0673. The molecule has 0 fully saturated rings. The van der Waals surface area contributed by atoms with E-state index in [9.17, 15) is 9.59 Å². The van der Waals surface area contributed by atoms with Crippen LogP contribution in [0.5, 0.6) is 0 Å². The Balaban J connectivity index is 4.10. The first kappa shape index (κ1) is 13.3. The molecule has 0 heterocycles. The normalized spacial score (nSPS) is 12.4. The van der Waals surface area contributed by atoms with E-state index in [1.165, 1.54) is 14.0 Å². The van der Waals surface area contributed by atoms with Crippen molar-refractivity contribution < 1.29 is 14.3 Å². The van der Waals surface area contributed by atoms with Crippen LogP contribution in [0.25, 0.3) is 0 Å². The Hall–Kier alpha value is -0.710. The first-order valence-corrected chi connectivity index (χ1v) is 5.48. The molecule has 0 aliphatic rings. The van der Waals surface area contributed by atoms with Crippen molar-refractivity contribution in [3.05, 3.63) is 0 Å². The van der Waals surface area contributed by atoms with Crippen LogP contribution in [0.4, 0.5) is 0 Å². The zero-order valence-corrected chi connectivity index (χ0v) is 9.81. The second-order valence-electron chi connectivity index (χ2n) is 3.16. The summed E-state index contributed by atoms with van der Waals surface area (Å²) in [6.07, 6.45) is 0. The maximum atomic E-state index is 11.2. The van der Waals surface area contributed by atoms with Gasteiger partial charge in [-0.3, -0.25) is 4.79 Å². The minimum Gasteiger partial charge on any atom is -0.467 e. The van der Waals surface area contributed by atoms with Gasteiger partial charge in [-0.25, -0.2) is 4.79 Å². The number of amides is 1. The molecular formula is C9H17NO3S. The van der Waals surface area contributed by atoms with Crippen LogP contribution in [0, 0.1) is 0 Å². The number of methoxy groups -OCH3 is 1. The first-order chi connectivity index (χ1) is 6.47. The van der Waals surface area contributed by atoms with E-state index in [-0.39, 0.29) is 5.91 Å². The summed E-state index contributed by atoms with van der Waals surface area (Å²) in [6, 6.07) is -0.537. The molecule has 0 bridgehead atoms. The van der Waals surface area contributed by atoms with Gasteiger partial charge in [-0.1, -0.05) is 13.8 Å². The van der Waals surface area contributed by atoms with Gasteiger partial charge in [0.2, 0.25) is 5.91 Å². The van der Waals surface area contributed by atoms with E-state index in [4.69, 9.17) is 0 Å². The molecule has 4 nitrogen and oxygen atoms in total. The van der Waals surface area contributed by atoms with Crippen LogP contribution in [0.15, 0.2) is 0 Å². The van der Waals surface area contributed by atoms with E-state index < -0.39 is 12.0 Å². The van der Waals surface area contributed by atoms with Gasteiger partial charge < -0.3 is 10.1 Å². The Morgan fingerprint density at radius 2 is 2.00 bits per heavy atom. The molecule has 1 N–H and O–H groups in total. The molecule has 0 radical (unpaired) electrons. The van der Waals surface area contributed by atoms with Crippen LogP contribution >= 0.6 is 11.8 Å².